The minimum atomic E-state index is -1.86. The molecule has 36 nitrogen and oxygen atoms in total. The Labute approximate surface area is 609 Å². The van der Waals surface area contributed by atoms with E-state index in [1.165, 1.54) is 0 Å². The molecule has 612 valence electrons. The van der Waals surface area contributed by atoms with Gasteiger partial charge in [-0.3, -0.25) is 0 Å². The molecule has 0 aromatic carbocycles. The van der Waals surface area contributed by atoms with Crippen molar-refractivity contribution in [3.05, 3.63) is 0 Å². The third-order valence-electron chi connectivity index (χ3n) is 24.9. The molecule has 4 aliphatic carbocycles. The molecule has 0 spiro atoms. The van der Waals surface area contributed by atoms with Gasteiger partial charge in [0.25, 0.3) is 0 Å². The Kier molecular flexibility index (Phi) is 30.9. The molecule has 10 fully saturated rings. The van der Waals surface area contributed by atoms with Crippen molar-refractivity contribution in [2.45, 2.75) is 301 Å². The summed E-state index contributed by atoms with van der Waals surface area (Å²) < 4.78 is 90.4. The first-order chi connectivity index (χ1) is 50.0. The van der Waals surface area contributed by atoms with Crippen LogP contribution >= 0.6 is 0 Å². The Morgan fingerprint density at radius 3 is 1.13 bits per heavy atom. The second kappa shape index (κ2) is 37.7. The fourth-order valence-electron chi connectivity index (χ4n) is 18.9. The normalized spacial score (nSPS) is 50.0. The van der Waals surface area contributed by atoms with Crippen molar-refractivity contribution in [2.24, 2.45) is 52.3 Å². The quantitative estimate of drug-likeness (QED) is 0.0278. The summed E-state index contributed by atoms with van der Waals surface area (Å²) in [6.07, 6.45) is -42.4. The van der Waals surface area contributed by atoms with E-state index < -0.39 is 229 Å². The summed E-state index contributed by atoms with van der Waals surface area (Å²) >= 11 is 0. The topological polar surface area (TPSA) is 563 Å². The summed E-state index contributed by atoms with van der Waals surface area (Å²) in [5, 5.41) is 223. The van der Waals surface area contributed by atoms with Crippen LogP contribution in [0.1, 0.15) is 98.8 Å². The molecule has 105 heavy (non-hydrogen) atoms. The van der Waals surface area contributed by atoms with Crippen LogP contribution < -0.4 is 0 Å². The summed E-state index contributed by atoms with van der Waals surface area (Å²) in [4.78, 5) is 0. The minimum Gasteiger partial charge on any atom is -0.394 e. The zero-order valence-corrected chi connectivity index (χ0v) is 60.2. The molecule has 36 heteroatoms. The molecule has 0 bridgehead atoms. The number of fused-ring (bicyclic) bond motifs is 5. The molecule has 13 unspecified atom stereocenters. The van der Waals surface area contributed by atoms with Gasteiger partial charge in [-0.1, -0.05) is 53.9 Å². The summed E-state index contributed by atoms with van der Waals surface area (Å²) in [5.41, 5.74) is -0.770. The first kappa shape index (κ1) is 86.0. The molecule has 0 aromatic rings. The molecule has 6 heterocycles. The van der Waals surface area contributed by atoms with E-state index in [0.717, 1.165) is 38.5 Å². The lowest BCUT2D eigenvalue weighted by Crippen LogP contribution is -2.64. The van der Waals surface area contributed by atoms with Crippen LogP contribution in [0.25, 0.3) is 0 Å². The SMILES string of the molecule is CC(C)CCC[C@@H](C)[C@H]1CC[C@H]2[C@@H]3[C@H](OCCO[C@@H]4OC(CO)C(O[C@H]5OC(CO)[C@@H](O)[C@H](O)C5O)[C@H](O)C4O)C[C@@H]4C[C@H](OCCO[C@@H]5OC(CO)[C@@H](O[C@H]6OC(CO)[C@@H](O)[C@H](O)C6O)[C@H](O)C5O)CC[C@]4(C)[C@H]3C[C@H](OCCO[C@@H]3OC(CO)[C@@H](O[C@H]4OC(CO)[C@@H](O)[C@H](O)C4O)[C@H](O)C3O)[C@]12C. The van der Waals surface area contributed by atoms with E-state index in [4.69, 9.17) is 71.1 Å². The monoisotopic (exact) mass is 1520 g/mol. The van der Waals surface area contributed by atoms with E-state index in [-0.39, 0.29) is 98.9 Å². The number of hydrogen-bond donors (Lipinski definition) is 21. The van der Waals surface area contributed by atoms with Crippen molar-refractivity contribution < 1.29 is 178 Å². The lowest BCUT2D eigenvalue weighted by molar-refractivity contribution is -0.360. The maximum absolute atomic E-state index is 11.4. The van der Waals surface area contributed by atoms with Gasteiger partial charge in [0.15, 0.2) is 37.7 Å². The summed E-state index contributed by atoms with van der Waals surface area (Å²) in [7, 11) is 0. The van der Waals surface area contributed by atoms with E-state index in [1.54, 1.807) is 0 Å². The van der Waals surface area contributed by atoms with Crippen LogP contribution in [-0.2, 0) is 71.1 Å². The van der Waals surface area contributed by atoms with Crippen molar-refractivity contribution in [1.29, 1.82) is 0 Å². The summed E-state index contributed by atoms with van der Waals surface area (Å²) in [5.74, 6) is 0.935. The van der Waals surface area contributed by atoms with Gasteiger partial charge in [-0.15, -0.1) is 0 Å². The molecule has 6 aliphatic heterocycles. The fourth-order valence-corrected chi connectivity index (χ4v) is 18.9. The number of aliphatic hydroxyl groups is 21. The highest BCUT2D eigenvalue weighted by atomic mass is 16.8. The van der Waals surface area contributed by atoms with E-state index in [0.29, 0.717) is 31.6 Å². The third-order valence-corrected chi connectivity index (χ3v) is 24.9. The minimum absolute atomic E-state index is 0.00440. The van der Waals surface area contributed by atoms with Crippen LogP contribution in [0.2, 0.25) is 0 Å². The predicted molar refractivity (Wildman–Crippen MR) is 350 cm³/mol. The van der Waals surface area contributed by atoms with Gasteiger partial charge in [-0.25, -0.2) is 0 Å². The van der Waals surface area contributed by atoms with Crippen LogP contribution in [0.5, 0.6) is 0 Å². The van der Waals surface area contributed by atoms with Gasteiger partial charge in [0.05, 0.1) is 97.6 Å². The van der Waals surface area contributed by atoms with Gasteiger partial charge in [0, 0.05) is 5.41 Å². The van der Waals surface area contributed by atoms with Crippen molar-refractivity contribution >= 4 is 0 Å². The molecular weight excluding hydrogens is 1400 g/mol. The predicted octanol–water partition coefficient (Wildman–Crippen LogP) is -7.59. The summed E-state index contributed by atoms with van der Waals surface area (Å²) in [6.45, 7) is 6.33. The van der Waals surface area contributed by atoms with Gasteiger partial charge in [-0.05, 0) is 91.8 Å². The van der Waals surface area contributed by atoms with Crippen LogP contribution in [0.3, 0.4) is 0 Å². The van der Waals surface area contributed by atoms with Crippen LogP contribution in [0, 0.1) is 52.3 Å². The first-order valence-corrected chi connectivity index (χ1v) is 37.5. The number of ether oxygens (including phenoxy) is 15. The molecule has 4 saturated carbocycles. The Morgan fingerprint density at radius 2 is 0.733 bits per heavy atom. The number of rotatable bonds is 32. The lowest BCUT2D eigenvalue weighted by atomic mass is 9.43. The Bertz CT molecular complexity index is 2580. The van der Waals surface area contributed by atoms with E-state index in [2.05, 4.69) is 34.6 Å². The van der Waals surface area contributed by atoms with Gasteiger partial charge in [0.2, 0.25) is 0 Å². The number of hydrogen-bond acceptors (Lipinski definition) is 36. The van der Waals surface area contributed by atoms with Crippen LogP contribution in [0.4, 0.5) is 0 Å². The molecule has 21 N–H and O–H groups in total. The average molecular weight is 1530 g/mol. The van der Waals surface area contributed by atoms with E-state index in [1.807, 2.05) is 0 Å². The lowest BCUT2D eigenvalue weighted by Gasteiger charge is -2.64. The first-order valence-electron chi connectivity index (χ1n) is 37.5. The fraction of sp³-hybridized carbons (Fsp3) is 1.00. The Morgan fingerprint density at radius 1 is 0.362 bits per heavy atom. The van der Waals surface area contributed by atoms with Crippen molar-refractivity contribution in [3.63, 3.8) is 0 Å². The zero-order chi connectivity index (χ0) is 76.3. The van der Waals surface area contributed by atoms with Crippen molar-refractivity contribution in [2.75, 3.05) is 79.3 Å². The van der Waals surface area contributed by atoms with Gasteiger partial charge < -0.3 is 178 Å². The zero-order valence-electron chi connectivity index (χ0n) is 60.2. The highest BCUT2D eigenvalue weighted by Crippen LogP contribution is 2.69. The number of aliphatic hydroxyl groups excluding tert-OH is 21. The highest BCUT2D eigenvalue weighted by molar-refractivity contribution is 5.15. The Balaban J connectivity index is 0.836. The van der Waals surface area contributed by atoms with Gasteiger partial charge >= 0.3 is 0 Å². The van der Waals surface area contributed by atoms with Crippen LogP contribution in [-0.4, -0.2) is 389 Å². The standard InChI is InChI=1S/C69H120O36/c1-28(2)7-6-8-29(3)32-9-10-33-43-34(21-42(69(32,33)5)93-15-18-96-64-58(90)52(84)61(41(27-75)102-64)105-67-55(87)49(81)46(78)38(24-72)99-67)68(4)12-11-31(91-13-16-94-62-56(88)50(82)59(39(25-73)100-62)103-65-53(85)47(79)44(76)36(22-70)97-65)19-30(68)20-35(43)92-14-17-95-63-57(89)51(83)60(40(26-74)101-63)104-66-54(86)48(80)45(77)37(23-71)98-66/h28-67,70-90H,6-27H2,1-5H3/t29-,30+,31-,32-,33+,34+,35-,36?,37?,38?,39?,40?,41?,42+,43+,44-,45-,46-,47+,48+,49+,50-,51-,52-,53?,54?,55?,56?,57?,58?,59-,60?,61-,62-,63-,64-,65-,66-,67-,68+,69-/m1/s1. The molecule has 0 aromatic heterocycles. The van der Waals surface area contributed by atoms with Crippen molar-refractivity contribution in [1.82, 2.24) is 0 Å². The molecule has 10 rings (SSSR count). The second-order valence-electron chi connectivity index (χ2n) is 31.5. The summed E-state index contributed by atoms with van der Waals surface area (Å²) in [6, 6.07) is 0. The maximum atomic E-state index is 11.4. The smallest absolute Gasteiger partial charge is 0.187 e. The Hall–Kier alpha value is -1.44. The van der Waals surface area contributed by atoms with Gasteiger partial charge in [-0.2, -0.15) is 0 Å². The molecule has 10 aliphatic rings. The largest absolute Gasteiger partial charge is 0.394 e. The molecule has 0 radical (unpaired) electrons. The van der Waals surface area contributed by atoms with Gasteiger partial charge in [0.1, 0.15) is 146 Å². The highest BCUT2D eigenvalue weighted by Gasteiger charge is 2.67. The molecule has 0 amide bonds. The third kappa shape index (κ3) is 18.2. The average Bonchev–Trinajstić information content (AvgIpc) is 1.64. The molecular formula is C69H120O36. The second-order valence-corrected chi connectivity index (χ2v) is 31.5. The molecule has 6 saturated heterocycles. The van der Waals surface area contributed by atoms with Crippen molar-refractivity contribution in [3.8, 4) is 0 Å². The molecule has 41 atom stereocenters. The van der Waals surface area contributed by atoms with E-state index in [9.17, 15) is 107 Å². The van der Waals surface area contributed by atoms with E-state index >= 15 is 0 Å². The maximum Gasteiger partial charge on any atom is 0.187 e. The van der Waals surface area contributed by atoms with Crippen LogP contribution in [0.15, 0.2) is 0 Å².